The fourth-order valence-corrected chi connectivity index (χ4v) is 2.02. The molecule has 19 heavy (non-hydrogen) atoms. The molecular formula is C15H23NO3. The normalized spacial score (nSPS) is 16.2. The Labute approximate surface area is 114 Å². The molecule has 0 saturated heterocycles. The van der Waals surface area contributed by atoms with E-state index in [9.17, 15) is 5.11 Å². The van der Waals surface area contributed by atoms with Crippen LogP contribution in [0.5, 0.6) is 11.5 Å². The van der Waals surface area contributed by atoms with E-state index in [1.807, 2.05) is 18.2 Å². The van der Waals surface area contributed by atoms with Crippen LogP contribution >= 0.6 is 0 Å². The van der Waals surface area contributed by atoms with Gasteiger partial charge in [-0.3, -0.25) is 0 Å². The number of nitrogens with one attached hydrogen (secondary N) is 1. The predicted molar refractivity (Wildman–Crippen MR) is 74.8 cm³/mol. The van der Waals surface area contributed by atoms with Gasteiger partial charge < -0.3 is 19.9 Å². The average Bonchev–Trinajstić information content (AvgIpc) is 2.36. The Morgan fingerprint density at radius 1 is 1.21 bits per heavy atom. The standard InChI is InChI=1S/C15H23NO3/c1-15(2,3)16-7-6-12(17)11-4-5-13-14(10-11)19-9-8-18-13/h4-5,10,12,16-17H,6-9H2,1-3H3. The van der Waals surface area contributed by atoms with Gasteiger partial charge in [-0.2, -0.15) is 0 Å². The quantitative estimate of drug-likeness (QED) is 0.877. The van der Waals surface area contributed by atoms with E-state index < -0.39 is 6.10 Å². The Hall–Kier alpha value is -1.26. The highest BCUT2D eigenvalue weighted by Crippen LogP contribution is 2.33. The molecule has 2 N–H and O–H groups in total. The van der Waals surface area contributed by atoms with Crippen molar-refractivity contribution in [2.24, 2.45) is 0 Å². The molecular weight excluding hydrogens is 242 g/mol. The summed E-state index contributed by atoms with van der Waals surface area (Å²) in [4.78, 5) is 0. The topological polar surface area (TPSA) is 50.7 Å². The number of hydrogen-bond acceptors (Lipinski definition) is 4. The zero-order chi connectivity index (χ0) is 13.9. The summed E-state index contributed by atoms with van der Waals surface area (Å²) in [6.45, 7) is 8.28. The number of aliphatic hydroxyl groups is 1. The van der Waals surface area contributed by atoms with E-state index in [1.54, 1.807) is 0 Å². The van der Waals surface area contributed by atoms with Gasteiger partial charge in [0.25, 0.3) is 0 Å². The van der Waals surface area contributed by atoms with Gasteiger partial charge in [0, 0.05) is 5.54 Å². The van der Waals surface area contributed by atoms with Crippen LogP contribution < -0.4 is 14.8 Å². The van der Waals surface area contributed by atoms with Crippen molar-refractivity contribution in [3.63, 3.8) is 0 Å². The SMILES string of the molecule is CC(C)(C)NCCC(O)c1ccc2c(c1)OCCO2. The highest BCUT2D eigenvalue weighted by Gasteiger charge is 2.16. The van der Waals surface area contributed by atoms with Crippen LogP contribution in [0.3, 0.4) is 0 Å². The molecule has 106 valence electrons. The molecule has 1 aromatic carbocycles. The summed E-state index contributed by atoms with van der Waals surface area (Å²) in [5.41, 5.74) is 0.951. The van der Waals surface area contributed by atoms with Gasteiger partial charge in [-0.25, -0.2) is 0 Å². The molecule has 0 bridgehead atoms. The minimum Gasteiger partial charge on any atom is -0.486 e. The molecule has 1 heterocycles. The molecule has 0 spiro atoms. The van der Waals surface area contributed by atoms with Crippen LogP contribution in [0.1, 0.15) is 38.9 Å². The van der Waals surface area contributed by atoms with Gasteiger partial charge >= 0.3 is 0 Å². The second-order valence-corrected chi connectivity index (χ2v) is 5.88. The molecule has 4 nitrogen and oxygen atoms in total. The van der Waals surface area contributed by atoms with Gasteiger partial charge in [0.1, 0.15) is 13.2 Å². The summed E-state index contributed by atoms with van der Waals surface area (Å²) in [7, 11) is 0. The fourth-order valence-electron chi connectivity index (χ4n) is 2.02. The lowest BCUT2D eigenvalue weighted by atomic mass is 10.0. The van der Waals surface area contributed by atoms with E-state index >= 15 is 0 Å². The summed E-state index contributed by atoms with van der Waals surface area (Å²) >= 11 is 0. The van der Waals surface area contributed by atoms with E-state index in [1.165, 1.54) is 0 Å². The van der Waals surface area contributed by atoms with Crippen LogP contribution in [-0.4, -0.2) is 30.4 Å². The van der Waals surface area contributed by atoms with Gasteiger partial charge in [0.2, 0.25) is 0 Å². The first-order valence-corrected chi connectivity index (χ1v) is 6.78. The van der Waals surface area contributed by atoms with E-state index in [2.05, 4.69) is 26.1 Å². The number of aliphatic hydroxyl groups excluding tert-OH is 1. The number of rotatable bonds is 4. The van der Waals surface area contributed by atoms with Crippen molar-refractivity contribution >= 4 is 0 Å². The van der Waals surface area contributed by atoms with Gasteiger partial charge in [0.15, 0.2) is 11.5 Å². The molecule has 1 atom stereocenters. The molecule has 0 aromatic heterocycles. The second kappa shape index (κ2) is 5.80. The first-order chi connectivity index (χ1) is 8.96. The second-order valence-electron chi connectivity index (χ2n) is 5.88. The monoisotopic (exact) mass is 265 g/mol. The lowest BCUT2D eigenvalue weighted by Crippen LogP contribution is -2.36. The van der Waals surface area contributed by atoms with Gasteiger partial charge in [-0.1, -0.05) is 6.07 Å². The molecule has 1 aliphatic heterocycles. The van der Waals surface area contributed by atoms with Gasteiger partial charge in [-0.05, 0) is 51.4 Å². The highest BCUT2D eigenvalue weighted by atomic mass is 16.6. The van der Waals surface area contributed by atoms with Gasteiger partial charge in [-0.15, -0.1) is 0 Å². The Bertz CT molecular complexity index is 426. The molecule has 1 aromatic rings. The minimum atomic E-state index is -0.481. The molecule has 2 rings (SSSR count). The van der Waals surface area contributed by atoms with Crippen LogP contribution in [0, 0.1) is 0 Å². The minimum absolute atomic E-state index is 0.0759. The number of ether oxygens (including phenoxy) is 2. The number of benzene rings is 1. The third-order valence-corrected chi connectivity index (χ3v) is 3.02. The third-order valence-electron chi connectivity index (χ3n) is 3.02. The third kappa shape index (κ3) is 4.11. The summed E-state index contributed by atoms with van der Waals surface area (Å²) in [5.74, 6) is 1.49. The zero-order valence-corrected chi connectivity index (χ0v) is 11.9. The largest absolute Gasteiger partial charge is 0.486 e. The van der Waals surface area contributed by atoms with Crippen LogP contribution in [0.2, 0.25) is 0 Å². The molecule has 0 amide bonds. The molecule has 4 heteroatoms. The number of hydrogen-bond donors (Lipinski definition) is 2. The molecule has 1 unspecified atom stereocenters. The van der Waals surface area contributed by atoms with Crippen molar-refractivity contribution in [3.05, 3.63) is 23.8 Å². The molecule has 0 fully saturated rings. The van der Waals surface area contributed by atoms with E-state index in [4.69, 9.17) is 9.47 Å². The Kier molecular flexibility index (Phi) is 4.32. The average molecular weight is 265 g/mol. The van der Waals surface area contributed by atoms with Crippen molar-refractivity contribution in [1.82, 2.24) is 5.32 Å². The van der Waals surface area contributed by atoms with E-state index in [0.717, 1.165) is 23.6 Å². The smallest absolute Gasteiger partial charge is 0.161 e. The molecule has 0 radical (unpaired) electrons. The molecule has 1 aliphatic rings. The van der Waals surface area contributed by atoms with Crippen LogP contribution in [-0.2, 0) is 0 Å². The maximum Gasteiger partial charge on any atom is 0.161 e. The molecule has 0 aliphatic carbocycles. The first-order valence-electron chi connectivity index (χ1n) is 6.78. The number of fused-ring (bicyclic) bond motifs is 1. The van der Waals surface area contributed by atoms with Crippen molar-refractivity contribution in [2.75, 3.05) is 19.8 Å². The van der Waals surface area contributed by atoms with Gasteiger partial charge in [0.05, 0.1) is 6.10 Å². The fraction of sp³-hybridized carbons (Fsp3) is 0.600. The summed E-state index contributed by atoms with van der Waals surface area (Å²) in [6, 6.07) is 5.63. The van der Waals surface area contributed by atoms with E-state index in [0.29, 0.717) is 19.6 Å². The highest BCUT2D eigenvalue weighted by molar-refractivity contribution is 5.44. The summed E-state index contributed by atoms with van der Waals surface area (Å²) < 4.78 is 11.0. The first kappa shape index (κ1) is 14.2. The summed E-state index contributed by atoms with van der Waals surface area (Å²) in [6.07, 6.45) is 0.197. The maximum absolute atomic E-state index is 10.2. The van der Waals surface area contributed by atoms with Crippen molar-refractivity contribution in [1.29, 1.82) is 0 Å². The van der Waals surface area contributed by atoms with Crippen LogP contribution in [0.4, 0.5) is 0 Å². The predicted octanol–water partition coefficient (Wildman–Crippen LogP) is 2.27. The maximum atomic E-state index is 10.2. The Balaban J connectivity index is 1.94. The lowest BCUT2D eigenvalue weighted by molar-refractivity contribution is 0.157. The molecule has 0 saturated carbocycles. The summed E-state index contributed by atoms with van der Waals surface area (Å²) in [5, 5.41) is 13.6. The van der Waals surface area contributed by atoms with Crippen molar-refractivity contribution in [3.8, 4) is 11.5 Å². The van der Waals surface area contributed by atoms with E-state index in [-0.39, 0.29) is 5.54 Å². The van der Waals surface area contributed by atoms with Crippen LogP contribution in [0.15, 0.2) is 18.2 Å². The Morgan fingerprint density at radius 2 is 1.89 bits per heavy atom. The van der Waals surface area contributed by atoms with Crippen molar-refractivity contribution < 1.29 is 14.6 Å². The zero-order valence-electron chi connectivity index (χ0n) is 11.9. The van der Waals surface area contributed by atoms with Crippen molar-refractivity contribution in [2.45, 2.75) is 38.8 Å². The Morgan fingerprint density at radius 3 is 2.58 bits per heavy atom. The lowest BCUT2D eigenvalue weighted by Gasteiger charge is -2.23. The van der Waals surface area contributed by atoms with Crippen LogP contribution in [0.25, 0.3) is 0 Å².